The van der Waals surface area contributed by atoms with Crippen molar-refractivity contribution in [1.82, 2.24) is 15.4 Å². The summed E-state index contributed by atoms with van der Waals surface area (Å²) >= 11 is 0. The molecule has 1 saturated heterocycles. The smallest absolute Gasteiger partial charge is 0.248 e. The number of ether oxygens (including phenoxy) is 1. The number of hydroxylamine groups is 1. The molecule has 34 heavy (non-hydrogen) atoms. The predicted octanol–water partition coefficient (Wildman–Crippen LogP) is 2.87. The molecule has 0 bridgehead atoms. The number of likely N-dealkylation sites (tertiary alicyclic amines) is 1. The van der Waals surface area contributed by atoms with Gasteiger partial charge in [0.1, 0.15) is 17.9 Å². The topological polar surface area (TPSA) is 118 Å². The van der Waals surface area contributed by atoms with E-state index in [9.17, 15) is 9.59 Å². The Morgan fingerprint density at radius 2 is 1.97 bits per heavy atom. The highest BCUT2D eigenvalue weighted by Crippen LogP contribution is 2.38. The molecule has 1 aromatic heterocycles. The Balaban J connectivity index is 1.28. The van der Waals surface area contributed by atoms with Crippen LogP contribution in [0.1, 0.15) is 36.8 Å². The number of fused-ring (bicyclic) bond motifs is 1. The second-order valence-corrected chi connectivity index (χ2v) is 9.10. The molecule has 4 N–H and O–H groups in total. The lowest BCUT2D eigenvalue weighted by atomic mass is 9.89. The van der Waals surface area contributed by atoms with E-state index in [4.69, 9.17) is 15.7 Å². The number of amides is 2. The second-order valence-electron chi connectivity index (χ2n) is 9.10. The van der Waals surface area contributed by atoms with Crippen molar-refractivity contribution in [3.63, 3.8) is 0 Å². The average molecular weight is 461 g/mol. The molecule has 2 aromatic carbocycles. The van der Waals surface area contributed by atoms with Gasteiger partial charge in [0.15, 0.2) is 0 Å². The molecule has 3 unspecified atom stereocenters. The van der Waals surface area contributed by atoms with E-state index in [0.29, 0.717) is 31.7 Å². The first-order valence-corrected chi connectivity index (χ1v) is 11.6. The number of pyridine rings is 1. The van der Waals surface area contributed by atoms with E-state index in [0.717, 1.165) is 34.9 Å². The van der Waals surface area contributed by atoms with E-state index < -0.39 is 17.4 Å². The molecule has 0 radical (unpaired) electrons. The Morgan fingerprint density at radius 1 is 1.18 bits per heavy atom. The van der Waals surface area contributed by atoms with E-state index in [1.807, 2.05) is 54.6 Å². The maximum absolute atomic E-state index is 13.4. The summed E-state index contributed by atoms with van der Waals surface area (Å²) in [5.74, 6) is -0.331. The van der Waals surface area contributed by atoms with Gasteiger partial charge in [-0.2, -0.15) is 0 Å². The molecule has 1 aliphatic carbocycles. The first kappa shape index (κ1) is 22.3. The molecule has 2 fully saturated rings. The highest BCUT2D eigenvalue weighted by atomic mass is 16.5. The van der Waals surface area contributed by atoms with Gasteiger partial charge in [-0.25, -0.2) is 5.48 Å². The fourth-order valence-electron chi connectivity index (χ4n) is 5.34. The van der Waals surface area contributed by atoms with E-state index >= 15 is 0 Å². The first-order chi connectivity index (χ1) is 16.5. The lowest BCUT2D eigenvalue weighted by molar-refractivity contribution is -0.139. The lowest BCUT2D eigenvalue weighted by Crippen LogP contribution is -2.50. The van der Waals surface area contributed by atoms with Crippen molar-refractivity contribution in [3.8, 4) is 5.75 Å². The number of benzene rings is 2. The van der Waals surface area contributed by atoms with Crippen molar-refractivity contribution in [1.29, 1.82) is 0 Å². The summed E-state index contributed by atoms with van der Waals surface area (Å²) in [6, 6.07) is 17.0. The molecular weight excluding hydrogens is 432 g/mol. The van der Waals surface area contributed by atoms with Gasteiger partial charge < -0.3 is 15.4 Å². The summed E-state index contributed by atoms with van der Waals surface area (Å²) in [5.41, 5.74) is 9.93. The van der Waals surface area contributed by atoms with Gasteiger partial charge in [0.25, 0.3) is 0 Å². The third kappa shape index (κ3) is 3.89. The summed E-state index contributed by atoms with van der Waals surface area (Å²) in [7, 11) is 0. The van der Waals surface area contributed by atoms with Crippen molar-refractivity contribution in [3.05, 3.63) is 71.9 Å². The fraction of sp³-hybridized carbons (Fsp3) is 0.346. The maximum Gasteiger partial charge on any atom is 0.248 e. The molecule has 2 heterocycles. The van der Waals surface area contributed by atoms with Gasteiger partial charge >= 0.3 is 0 Å². The van der Waals surface area contributed by atoms with Gasteiger partial charge in [-0.05, 0) is 49.1 Å². The van der Waals surface area contributed by atoms with E-state index in [1.165, 1.54) is 0 Å². The molecule has 3 aromatic rings. The SMILES string of the molecule is NC1(c2ccc(OCc3ccnc4ccccc34)cc2)CCN(C2CCCC2C(=O)NO)C1=O. The van der Waals surface area contributed by atoms with Gasteiger partial charge in [-0.1, -0.05) is 36.8 Å². The van der Waals surface area contributed by atoms with Crippen LogP contribution in [-0.2, 0) is 21.7 Å². The zero-order valence-corrected chi connectivity index (χ0v) is 18.8. The Morgan fingerprint density at radius 3 is 2.76 bits per heavy atom. The molecule has 0 spiro atoms. The fourth-order valence-corrected chi connectivity index (χ4v) is 5.34. The molecule has 8 heteroatoms. The van der Waals surface area contributed by atoms with Crippen molar-refractivity contribution in [2.24, 2.45) is 11.7 Å². The third-order valence-corrected chi connectivity index (χ3v) is 7.22. The minimum absolute atomic E-state index is 0.174. The first-order valence-electron chi connectivity index (χ1n) is 11.6. The average Bonchev–Trinajstić information content (AvgIpc) is 3.47. The van der Waals surface area contributed by atoms with Crippen LogP contribution in [0, 0.1) is 5.92 Å². The number of hydrogen-bond acceptors (Lipinski definition) is 6. The van der Waals surface area contributed by atoms with Crippen LogP contribution in [0.25, 0.3) is 10.9 Å². The quantitative estimate of drug-likeness (QED) is 0.385. The molecule has 176 valence electrons. The molecule has 2 amide bonds. The van der Waals surface area contributed by atoms with Crippen LogP contribution in [0.5, 0.6) is 5.75 Å². The summed E-state index contributed by atoms with van der Waals surface area (Å²) in [6.45, 7) is 0.890. The minimum atomic E-state index is -1.14. The molecule has 8 nitrogen and oxygen atoms in total. The Kier molecular flexibility index (Phi) is 5.93. The number of hydrogen-bond donors (Lipinski definition) is 3. The Hall–Kier alpha value is -3.49. The Labute approximate surface area is 197 Å². The number of nitrogens with one attached hydrogen (secondary N) is 1. The van der Waals surface area contributed by atoms with E-state index in [1.54, 1.807) is 16.6 Å². The van der Waals surface area contributed by atoms with Crippen LogP contribution in [0.3, 0.4) is 0 Å². The van der Waals surface area contributed by atoms with Gasteiger partial charge in [0, 0.05) is 29.7 Å². The van der Waals surface area contributed by atoms with Crippen molar-refractivity contribution < 1.29 is 19.5 Å². The largest absolute Gasteiger partial charge is 0.489 e. The Bertz CT molecular complexity index is 1210. The van der Waals surface area contributed by atoms with Crippen LogP contribution in [-0.4, -0.2) is 39.5 Å². The summed E-state index contributed by atoms with van der Waals surface area (Å²) in [5, 5.41) is 10.1. The minimum Gasteiger partial charge on any atom is -0.489 e. The van der Waals surface area contributed by atoms with Gasteiger partial charge in [0.05, 0.1) is 11.4 Å². The molecular formula is C26H28N4O4. The number of para-hydroxylation sites is 1. The molecule has 3 atom stereocenters. The monoisotopic (exact) mass is 460 g/mol. The summed E-state index contributed by atoms with van der Waals surface area (Å²) < 4.78 is 6.00. The lowest BCUT2D eigenvalue weighted by Gasteiger charge is -2.30. The van der Waals surface area contributed by atoms with Crippen LogP contribution in [0.4, 0.5) is 0 Å². The van der Waals surface area contributed by atoms with Crippen molar-refractivity contribution >= 4 is 22.7 Å². The van der Waals surface area contributed by atoms with Gasteiger partial charge in [-0.15, -0.1) is 0 Å². The standard InChI is InChI=1S/C26H28N4O4/c27-26(13-15-30(25(26)32)23-7-3-5-21(23)24(31)29-33)18-8-10-19(11-9-18)34-16-17-12-14-28-22-6-2-1-4-20(17)22/h1-2,4,6,8-12,14,21,23,33H,3,5,7,13,15-16,27H2,(H,29,31). The predicted molar refractivity (Wildman–Crippen MR) is 126 cm³/mol. The summed E-state index contributed by atoms with van der Waals surface area (Å²) in [6.07, 6.45) is 4.47. The van der Waals surface area contributed by atoms with Gasteiger partial charge in [-0.3, -0.25) is 19.8 Å². The van der Waals surface area contributed by atoms with Crippen molar-refractivity contribution in [2.75, 3.05) is 6.54 Å². The number of nitrogens with two attached hydrogens (primary N) is 1. The zero-order chi connectivity index (χ0) is 23.7. The van der Waals surface area contributed by atoms with Crippen LogP contribution in [0.15, 0.2) is 60.8 Å². The van der Waals surface area contributed by atoms with Crippen LogP contribution in [0.2, 0.25) is 0 Å². The highest BCUT2D eigenvalue weighted by Gasteiger charge is 2.50. The zero-order valence-electron chi connectivity index (χ0n) is 18.8. The second kappa shape index (κ2) is 9.04. The normalized spacial score (nSPS) is 24.5. The maximum atomic E-state index is 13.4. The van der Waals surface area contributed by atoms with Gasteiger partial charge in [0.2, 0.25) is 11.8 Å². The van der Waals surface area contributed by atoms with Crippen LogP contribution >= 0.6 is 0 Å². The molecule has 1 saturated carbocycles. The van der Waals surface area contributed by atoms with Crippen molar-refractivity contribution in [2.45, 2.75) is 43.9 Å². The highest BCUT2D eigenvalue weighted by molar-refractivity contribution is 5.91. The van der Waals surface area contributed by atoms with Crippen LogP contribution < -0.4 is 16.0 Å². The molecule has 5 rings (SSSR count). The van der Waals surface area contributed by atoms with E-state index in [-0.39, 0.29) is 11.9 Å². The van der Waals surface area contributed by atoms with E-state index in [2.05, 4.69) is 4.98 Å². The third-order valence-electron chi connectivity index (χ3n) is 7.22. The summed E-state index contributed by atoms with van der Waals surface area (Å²) in [4.78, 5) is 31.5. The number of carbonyl (C=O) groups excluding carboxylic acids is 2. The number of rotatable bonds is 6. The molecule has 1 aliphatic heterocycles. The number of aromatic nitrogens is 1. The molecule has 2 aliphatic rings. The number of carbonyl (C=O) groups is 2. The number of nitrogens with zero attached hydrogens (tertiary/aromatic N) is 2.